The van der Waals surface area contributed by atoms with Crippen LogP contribution in [0.1, 0.15) is 12.8 Å². The summed E-state index contributed by atoms with van der Waals surface area (Å²) in [4.78, 5) is 16.5. The first-order valence-corrected chi connectivity index (χ1v) is 11.1. The largest absolute Gasteiger partial charge is 0.302 e. The summed E-state index contributed by atoms with van der Waals surface area (Å²) in [5.74, 6) is 0.617. The molecule has 5 nitrogen and oxygen atoms in total. The molecule has 3 aromatic rings. The predicted octanol–water partition coefficient (Wildman–Crippen LogP) is 3.30. The number of hydrogen-bond acceptors (Lipinski definition) is 4. The van der Waals surface area contributed by atoms with Crippen LogP contribution in [0.3, 0.4) is 0 Å². The van der Waals surface area contributed by atoms with E-state index in [2.05, 4.69) is 10.9 Å². The van der Waals surface area contributed by atoms with Crippen molar-refractivity contribution < 1.29 is 22.0 Å². The lowest BCUT2D eigenvalue weighted by Gasteiger charge is -2.03. The molecular weight excluding hydrogens is 418 g/mol. The molecule has 0 bridgehead atoms. The molecule has 1 amide bonds. The Morgan fingerprint density at radius 2 is 1.90 bits per heavy atom. The van der Waals surface area contributed by atoms with Crippen LogP contribution >= 0.6 is 11.3 Å². The molecule has 0 atom stereocenters. The molecule has 0 aliphatic rings. The maximum absolute atomic E-state index is 14.1. The monoisotopic (exact) mass is 434 g/mol. The SMILES string of the molecule is C#CCn1c(=NC(=O)CCCS(=O)(=O)c2ccc(F)cc2)sc2cccc(F)c21. The van der Waals surface area contributed by atoms with Gasteiger partial charge in [-0.15, -0.1) is 6.42 Å². The Hall–Kier alpha value is -2.83. The number of rotatable bonds is 6. The molecule has 0 unspecified atom stereocenters. The second-order valence-electron chi connectivity index (χ2n) is 6.14. The summed E-state index contributed by atoms with van der Waals surface area (Å²) in [6.45, 7) is 0.0476. The van der Waals surface area contributed by atoms with Crippen molar-refractivity contribution in [2.45, 2.75) is 24.3 Å². The topological polar surface area (TPSA) is 68.5 Å². The highest BCUT2D eigenvalue weighted by atomic mass is 32.2. The van der Waals surface area contributed by atoms with Crippen molar-refractivity contribution in [1.82, 2.24) is 4.57 Å². The van der Waals surface area contributed by atoms with Gasteiger partial charge in [0.25, 0.3) is 0 Å². The van der Waals surface area contributed by atoms with Crippen LogP contribution in [0, 0.1) is 24.0 Å². The summed E-state index contributed by atoms with van der Waals surface area (Å²) in [6, 6.07) is 9.07. The number of aromatic nitrogens is 1. The summed E-state index contributed by atoms with van der Waals surface area (Å²) in [5, 5.41) is 0. The number of thiazole rings is 1. The quantitative estimate of drug-likeness (QED) is 0.442. The zero-order chi connectivity index (χ0) is 21.0. The fourth-order valence-electron chi connectivity index (χ4n) is 2.75. The number of terminal acetylenes is 1. The van der Waals surface area contributed by atoms with Crippen LogP contribution in [0.4, 0.5) is 8.78 Å². The minimum absolute atomic E-state index is 0.00451. The maximum atomic E-state index is 14.1. The van der Waals surface area contributed by atoms with Gasteiger partial charge in [0, 0.05) is 6.42 Å². The van der Waals surface area contributed by atoms with E-state index in [-0.39, 0.29) is 40.4 Å². The Morgan fingerprint density at radius 3 is 2.59 bits per heavy atom. The number of nitrogens with zero attached hydrogens (tertiary/aromatic N) is 2. The van der Waals surface area contributed by atoms with E-state index >= 15 is 0 Å². The highest BCUT2D eigenvalue weighted by Gasteiger charge is 2.16. The van der Waals surface area contributed by atoms with Crippen molar-refractivity contribution in [2.24, 2.45) is 4.99 Å². The molecule has 150 valence electrons. The van der Waals surface area contributed by atoms with Crippen molar-refractivity contribution in [2.75, 3.05) is 5.75 Å². The molecule has 0 aliphatic heterocycles. The van der Waals surface area contributed by atoms with Crippen LogP contribution in [-0.2, 0) is 21.2 Å². The molecule has 0 saturated heterocycles. The van der Waals surface area contributed by atoms with Gasteiger partial charge in [0.05, 0.1) is 27.4 Å². The molecule has 0 spiro atoms. The minimum atomic E-state index is -3.63. The first kappa shape index (κ1) is 20.9. The average molecular weight is 434 g/mol. The van der Waals surface area contributed by atoms with E-state index in [0.29, 0.717) is 4.70 Å². The number of hydrogen-bond donors (Lipinski definition) is 0. The fraction of sp³-hybridized carbons (Fsp3) is 0.200. The Bertz CT molecular complexity index is 1270. The molecule has 2 aromatic carbocycles. The van der Waals surface area contributed by atoms with Crippen molar-refractivity contribution in [1.29, 1.82) is 0 Å². The lowest BCUT2D eigenvalue weighted by atomic mass is 10.3. The lowest BCUT2D eigenvalue weighted by Crippen LogP contribution is -2.17. The second-order valence-corrected chi connectivity index (χ2v) is 9.26. The minimum Gasteiger partial charge on any atom is -0.302 e. The van der Waals surface area contributed by atoms with Crippen molar-refractivity contribution in [3.05, 3.63) is 58.9 Å². The van der Waals surface area contributed by atoms with Gasteiger partial charge < -0.3 is 4.57 Å². The molecule has 0 saturated carbocycles. The Balaban J connectivity index is 1.76. The van der Waals surface area contributed by atoms with Gasteiger partial charge in [-0.25, -0.2) is 17.2 Å². The predicted molar refractivity (Wildman–Crippen MR) is 107 cm³/mol. The molecule has 9 heteroatoms. The zero-order valence-corrected chi connectivity index (χ0v) is 16.8. The Kier molecular flexibility index (Phi) is 6.25. The van der Waals surface area contributed by atoms with Crippen LogP contribution in [0.2, 0.25) is 0 Å². The Morgan fingerprint density at radius 1 is 1.17 bits per heavy atom. The molecule has 0 N–H and O–H groups in total. The highest BCUT2D eigenvalue weighted by Crippen LogP contribution is 2.20. The molecule has 3 rings (SSSR count). The van der Waals surface area contributed by atoms with E-state index in [1.165, 1.54) is 22.8 Å². The van der Waals surface area contributed by atoms with Crippen LogP contribution in [-0.4, -0.2) is 24.6 Å². The molecular formula is C20H16F2N2O3S2. The number of halogens is 2. The summed E-state index contributed by atoms with van der Waals surface area (Å²) in [6.07, 6.45) is 5.30. The third kappa shape index (κ3) is 4.78. The van der Waals surface area contributed by atoms with Crippen LogP contribution < -0.4 is 4.80 Å². The fourth-order valence-corrected chi connectivity index (χ4v) is 5.12. The Labute approximate surface area is 170 Å². The van der Waals surface area contributed by atoms with E-state index in [1.807, 2.05) is 0 Å². The maximum Gasteiger partial charge on any atom is 0.248 e. The number of fused-ring (bicyclic) bond motifs is 1. The molecule has 1 heterocycles. The van der Waals surface area contributed by atoms with Crippen LogP contribution in [0.25, 0.3) is 10.2 Å². The molecule has 1 aromatic heterocycles. The number of amides is 1. The van der Waals surface area contributed by atoms with Gasteiger partial charge in [-0.2, -0.15) is 4.99 Å². The molecule has 0 radical (unpaired) electrons. The molecule has 29 heavy (non-hydrogen) atoms. The summed E-state index contributed by atoms with van der Waals surface area (Å²) in [7, 11) is -3.63. The lowest BCUT2D eigenvalue weighted by molar-refractivity contribution is -0.118. The van der Waals surface area contributed by atoms with E-state index < -0.39 is 27.4 Å². The first-order chi connectivity index (χ1) is 13.8. The second kappa shape index (κ2) is 8.68. The van der Waals surface area contributed by atoms with Gasteiger partial charge >= 0.3 is 0 Å². The average Bonchev–Trinajstić information content (AvgIpc) is 3.00. The van der Waals surface area contributed by atoms with E-state index in [9.17, 15) is 22.0 Å². The van der Waals surface area contributed by atoms with Crippen molar-refractivity contribution in [3.8, 4) is 12.3 Å². The van der Waals surface area contributed by atoms with Crippen molar-refractivity contribution >= 4 is 37.3 Å². The standard InChI is InChI=1S/C20H16F2N2O3S2/c1-2-12-24-19-16(22)5-3-6-17(19)28-20(24)23-18(25)7-4-13-29(26,27)15-10-8-14(21)9-11-15/h1,3,5-6,8-11H,4,7,12-13H2. The number of benzene rings is 2. The normalized spacial score (nSPS) is 12.2. The van der Waals surface area contributed by atoms with E-state index in [0.717, 1.165) is 23.5 Å². The zero-order valence-electron chi connectivity index (χ0n) is 15.1. The summed E-state index contributed by atoms with van der Waals surface area (Å²) < 4.78 is 53.6. The first-order valence-electron chi connectivity index (χ1n) is 8.59. The highest BCUT2D eigenvalue weighted by molar-refractivity contribution is 7.91. The van der Waals surface area contributed by atoms with Crippen LogP contribution in [0.15, 0.2) is 52.4 Å². The van der Waals surface area contributed by atoms with E-state index in [4.69, 9.17) is 6.42 Å². The van der Waals surface area contributed by atoms with Gasteiger partial charge in [0.1, 0.15) is 11.6 Å². The third-order valence-corrected chi connectivity index (χ3v) is 6.96. The number of sulfone groups is 1. The summed E-state index contributed by atoms with van der Waals surface area (Å²) >= 11 is 1.13. The summed E-state index contributed by atoms with van der Waals surface area (Å²) in [5.41, 5.74) is 0.279. The van der Waals surface area contributed by atoms with Gasteiger partial charge in [-0.05, 0) is 42.8 Å². The number of para-hydroxylation sites is 1. The van der Waals surface area contributed by atoms with Gasteiger partial charge in [-0.3, -0.25) is 4.79 Å². The number of carbonyl (C=O) groups excluding carboxylic acids is 1. The van der Waals surface area contributed by atoms with Crippen LogP contribution in [0.5, 0.6) is 0 Å². The van der Waals surface area contributed by atoms with Crippen molar-refractivity contribution in [3.63, 3.8) is 0 Å². The van der Waals surface area contributed by atoms with Gasteiger partial charge in [0.2, 0.25) is 5.91 Å². The number of carbonyl (C=O) groups is 1. The van der Waals surface area contributed by atoms with Gasteiger partial charge in [0.15, 0.2) is 14.6 Å². The van der Waals surface area contributed by atoms with Gasteiger partial charge in [-0.1, -0.05) is 23.3 Å². The smallest absolute Gasteiger partial charge is 0.248 e. The molecule has 0 fully saturated rings. The molecule has 0 aliphatic carbocycles. The van der Waals surface area contributed by atoms with E-state index in [1.54, 1.807) is 12.1 Å². The third-order valence-electron chi connectivity index (χ3n) is 4.10.